The minimum atomic E-state index is -0.0190. The van der Waals surface area contributed by atoms with E-state index in [9.17, 15) is 4.79 Å². The molecular formula is C24H26N6O2. The molecule has 8 heteroatoms. The van der Waals surface area contributed by atoms with E-state index in [0.717, 1.165) is 34.9 Å². The van der Waals surface area contributed by atoms with E-state index in [1.807, 2.05) is 53.2 Å². The summed E-state index contributed by atoms with van der Waals surface area (Å²) in [7, 11) is 1.91. The van der Waals surface area contributed by atoms with Crippen molar-refractivity contribution in [2.75, 3.05) is 13.1 Å². The lowest BCUT2D eigenvalue weighted by Crippen LogP contribution is -2.38. The third-order valence-electron chi connectivity index (χ3n) is 6.25. The molecule has 32 heavy (non-hydrogen) atoms. The molecule has 164 valence electrons. The van der Waals surface area contributed by atoms with Gasteiger partial charge in [0, 0.05) is 43.2 Å². The van der Waals surface area contributed by atoms with Crippen LogP contribution in [0.3, 0.4) is 0 Å². The maximum Gasteiger partial charge on any atom is 0.272 e. The summed E-state index contributed by atoms with van der Waals surface area (Å²) in [4.78, 5) is 23.7. The smallest absolute Gasteiger partial charge is 0.272 e. The maximum absolute atomic E-state index is 12.8. The summed E-state index contributed by atoms with van der Waals surface area (Å²) in [5, 5.41) is 9.55. The molecule has 0 saturated carbocycles. The second kappa shape index (κ2) is 8.18. The Labute approximate surface area is 186 Å². The fourth-order valence-corrected chi connectivity index (χ4v) is 4.17. The van der Waals surface area contributed by atoms with Crippen LogP contribution in [0.4, 0.5) is 0 Å². The standard InChI is InChI=1S/C24H26N6O2/c1-15(2)18-6-7-20(25-13-18)24(31)30-10-8-16(9-11-30)23-27-22(28-32-23)17-4-5-19-14-26-29(3)21(19)12-17/h4-7,12-16H,8-11H2,1-3H3. The van der Waals surface area contributed by atoms with Gasteiger partial charge in [-0.3, -0.25) is 14.5 Å². The second-order valence-corrected chi connectivity index (χ2v) is 8.70. The molecule has 0 aliphatic carbocycles. The number of pyridine rings is 1. The number of carbonyl (C=O) groups is 1. The van der Waals surface area contributed by atoms with Gasteiger partial charge in [0.2, 0.25) is 11.7 Å². The Hall–Kier alpha value is -3.55. The van der Waals surface area contributed by atoms with Crippen LogP contribution in [0.1, 0.15) is 60.5 Å². The fraction of sp³-hybridized carbons (Fsp3) is 0.375. The number of rotatable bonds is 4. The van der Waals surface area contributed by atoms with E-state index in [-0.39, 0.29) is 11.8 Å². The highest BCUT2D eigenvalue weighted by Crippen LogP contribution is 2.30. The number of carbonyl (C=O) groups excluding carboxylic acids is 1. The van der Waals surface area contributed by atoms with Crippen LogP contribution in [0.5, 0.6) is 0 Å². The number of fused-ring (bicyclic) bond motifs is 1. The third kappa shape index (κ3) is 3.77. The van der Waals surface area contributed by atoms with Gasteiger partial charge >= 0.3 is 0 Å². The Bertz CT molecular complexity index is 1250. The lowest BCUT2D eigenvalue weighted by atomic mass is 9.96. The van der Waals surface area contributed by atoms with Crippen LogP contribution in [-0.2, 0) is 7.05 Å². The Kier molecular flexibility index (Phi) is 5.20. The largest absolute Gasteiger partial charge is 0.339 e. The number of likely N-dealkylation sites (tertiary alicyclic amines) is 1. The summed E-state index contributed by atoms with van der Waals surface area (Å²) in [6.45, 7) is 5.53. The number of hydrogen-bond donors (Lipinski definition) is 0. The first-order valence-corrected chi connectivity index (χ1v) is 11.0. The molecule has 3 aromatic heterocycles. The molecule has 8 nitrogen and oxygen atoms in total. The normalized spacial score (nSPS) is 15.1. The molecule has 1 amide bonds. The first-order valence-electron chi connectivity index (χ1n) is 11.0. The van der Waals surface area contributed by atoms with Gasteiger partial charge < -0.3 is 9.42 Å². The zero-order chi connectivity index (χ0) is 22.2. The first kappa shape index (κ1) is 20.4. The van der Waals surface area contributed by atoms with E-state index in [4.69, 9.17) is 4.52 Å². The van der Waals surface area contributed by atoms with Gasteiger partial charge in [0.1, 0.15) is 5.69 Å². The highest BCUT2D eigenvalue weighted by atomic mass is 16.5. The summed E-state index contributed by atoms with van der Waals surface area (Å²) in [5.74, 6) is 1.74. The van der Waals surface area contributed by atoms with E-state index in [1.165, 1.54) is 0 Å². The highest BCUT2D eigenvalue weighted by molar-refractivity contribution is 5.92. The van der Waals surface area contributed by atoms with Crippen molar-refractivity contribution in [3.63, 3.8) is 0 Å². The lowest BCUT2D eigenvalue weighted by Gasteiger charge is -2.30. The molecule has 1 saturated heterocycles. The molecule has 5 rings (SSSR count). The van der Waals surface area contributed by atoms with Crippen LogP contribution >= 0.6 is 0 Å². The van der Waals surface area contributed by atoms with Crippen LogP contribution < -0.4 is 0 Å². The van der Waals surface area contributed by atoms with Crippen molar-refractivity contribution in [1.82, 2.24) is 29.8 Å². The average molecular weight is 431 g/mol. The number of amides is 1. The summed E-state index contributed by atoms with van der Waals surface area (Å²) in [6.07, 6.45) is 5.22. The average Bonchev–Trinajstić information content (AvgIpc) is 3.46. The zero-order valence-corrected chi connectivity index (χ0v) is 18.5. The Morgan fingerprint density at radius 1 is 1.12 bits per heavy atom. The number of hydrogen-bond acceptors (Lipinski definition) is 6. The Morgan fingerprint density at radius 3 is 2.66 bits per heavy atom. The molecule has 0 unspecified atom stereocenters. The van der Waals surface area contributed by atoms with Crippen LogP contribution in [0, 0.1) is 0 Å². The second-order valence-electron chi connectivity index (χ2n) is 8.70. The van der Waals surface area contributed by atoms with Gasteiger partial charge in [0.05, 0.1) is 11.7 Å². The van der Waals surface area contributed by atoms with Crippen molar-refractivity contribution in [3.05, 3.63) is 59.9 Å². The van der Waals surface area contributed by atoms with E-state index >= 15 is 0 Å². The van der Waals surface area contributed by atoms with Gasteiger partial charge in [0.25, 0.3) is 5.91 Å². The van der Waals surface area contributed by atoms with Gasteiger partial charge in [-0.1, -0.05) is 37.2 Å². The van der Waals surface area contributed by atoms with E-state index in [2.05, 4.69) is 34.1 Å². The fourth-order valence-electron chi connectivity index (χ4n) is 4.17. The molecule has 1 fully saturated rings. The van der Waals surface area contributed by atoms with Crippen molar-refractivity contribution < 1.29 is 9.32 Å². The number of benzene rings is 1. The zero-order valence-electron chi connectivity index (χ0n) is 18.5. The third-order valence-corrected chi connectivity index (χ3v) is 6.25. The Balaban J connectivity index is 1.25. The monoisotopic (exact) mass is 430 g/mol. The molecule has 0 N–H and O–H groups in total. The molecule has 4 heterocycles. The minimum Gasteiger partial charge on any atom is -0.339 e. The molecular weight excluding hydrogens is 404 g/mol. The quantitative estimate of drug-likeness (QED) is 0.483. The topological polar surface area (TPSA) is 89.9 Å². The summed E-state index contributed by atoms with van der Waals surface area (Å²) >= 11 is 0. The van der Waals surface area contributed by atoms with Crippen molar-refractivity contribution in [3.8, 4) is 11.4 Å². The van der Waals surface area contributed by atoms with E-state index in [0.29, 0.717) is 36.4 Å². The maximum atomic E-state index is 12.8. The first-order chi connectivity index (χ1) is 15.5. The van der Waals surface area contributed by atoms with Crippen molar-refractivity contribution in [1.29, 1.82) is 0 Å². The summed E-state index contributed by atoms with van der Waals surface area (Å²) < 4.78 is 7.43. The van der Waals surface area contributed by atoms with Gasteiger partial charge in [-0.25, -0.2) is 0 Å². The van der Waals surface area contributed by atoms with Crippen LogP contribution in [0.25, 0.3) is 22.3 Å². The van der Waals surface area contributed by atoms with Crippen molar-refractivity contribution in [2.45, 2.75) is 38.5 Å². The van der Waals surface area contributed by atoms with Crippen molar-refractivity contribution in [2.24, 2.45) is 7.05 Å². The molecule has 0 spiro atoms. The van der Waals surface area contributed by atoms with Crippen molar-refractivity contribution >= 4 is 16.8 Å². The predicted octanol–water partition coefficient (Wildman–Crippen LogP) is 4.16. The van der Waals surface area contributed by atoms with Crippen LogP contribution in [0.2, 0.25) is 0 Å². The molecule has 4 aromatic rings. The molecule has 0 radical (unpaired) electrons. The van der Waals surface area contributed by atoms with Crippen LogP contribution in [0.15, 0.2) is 47.2 Å². The number of piperidine rings is 1. The summed E-state index contributed by atoms with van der Waals surface area (Å²) in [6, 6.07) is 9.83. The van der Waals surface area contributed by atoms with Gasteiger partial charge in [0.15, 0.2) is 0 Å². The molecule has 0 atom stereocenters. The molecule has 0 bridgehead atoms. The Morgan fingerprint density at radius 2 is 1.94 bits per heavy atom. The van der Waals surface area contributed by atoms with Crippen LogP contribution in [-0.4, -0.2) is 48.8 Å². The lowest BCUT2D eigenvalue weighted by molar-refractivity contribution is 0.0698. The van der Waals surface area contributed by atoms with E-state index in [1.54, 1.807) is 6.20 Å². The number of nitrogens with zero attached hydrogens (tertiary/aromatic N) is 6. The SMILES string of the molecule is CC(C)c1ccc(C(=O)N2CCC(c3nc(-c4ccc5cnn(C)c5c4)no3)CC2)nc1. The number of aryl methyl sites for hydroxylation is 1. The van der Waals surface area contributed by atoms with Gasteiger partial charge in [-0.05, 0) is 36.5 Å². The highest BCUT2D eigenvalue weighted by Gasteiger charge is 2.28. The molecule has 1 aromatic carbocycles. The predicted molar refractivity (Wildman–Crippen MR) is 120 cm³/mol. The van der Waals surface area contributed by atoms with E-state index < -0.39 is 0 Å². The van der Waals surface area contributed by atoms with Gasteiger partial charge in [-0.2, -0.15) is 10.1 Å². The molecule has 1 aliphatic rings. The minimum absolute atomic E-state index is 0.0190. The summed E-state index contributed by atoms with van der Waals surface area (Å²) in [5.41, 5.74) is 3.56. The molecule has 1 aliphatic heterocycles. The number of aromatic nitrogens is 5. The van der Waals surface area contributed by atoms with Gasteiger partial charge in [-0.15, -0.1) is 0 Å².